The molecule has 1 aliphatic heterocycles. The van der Waals surface area contributed by atoms with E-state index in [0.717, 1.165) is 31.7 Å². The number of rotatable bonds is 3. The molecule has 1 aromatic rings. The molecule has 0 bridgehead atoms. The largest absolute Gasteiger partial charge is 0.399 e. The molecule has 2 rings (SSSR count). The third-order valence-electron chi connectivity index (χ3n) is 3.35. The summed E-state index contributed by atoms with van der Waals surface area (Å²) in [5, 5.41) is 3.59. The monoisotopic (exact) mass is 346 g/mol. The fourth-order valence-electron chi connectivity index (χ4n) is 2.23. The second kappa shape index (κ2) is 5.91. The van der Waals surface area contributed by atoms with E-state index in [1.54, 1.807) is 0 Å². The topological polar surface area (TPSA) is 47.3 Å². The smallest absolute Gasteiger partial charge is 0.0479 e. The molecule has 4 heteroatoms. The van der Waals surface area contributed by atoms with E-state index in [4.69, 9.17) is 10.5 Å². The predicted octanol–water partition coefficient (Wildman–Crippen LogP) is 3.10. The number of nitrogen functional groups attached to an aromatic ring is 1. The zero-order valence-corrected chi connectivity index (χ0v) is 12.2. The van der Waals surface area contributed by atoms with Crippen molar-refractivity contribution in [3.63, 3.8) is 0 Å². The van der Waals surface area contributed by atoms with Crippen LogP contribution in [0.25, 0.3) is 0 Å². The Bertz CT molecular complexity index is 378. The summed E-state index contributed by atoms with van der Waals surface area (Å²) in [4.78, 5) is 0. The highest BCUT2D eigenvalue weighted by molar-refractivity contribution is 14.1. The molecule has 1 saturated heterocycles. The van der Waals surface area contributed by atoms with Crippen LogP contribution in [0.4, 0.5) is 11.4 Å². The molecule has 1 unspecified atom stereocenters. The summed E-state index contributed by atoms with van der Waals surface area (Å²) >= 11 is 2.32. The van der Waals surface area contributed by atoms with Gasteiger partial charge in [0.25, 0.3) is 0 Å². The van der Waals surface area contributed by atoms with E-state index >= 15 is 0 Å². The molecule has 1 aliphatic rings. The molecule has 3 N–H and O–H groups in total. The Morgan fingerprint density at radius 3 is 2.76 bits per heavy atom. The molecule has 0 aromatic heterocycles. The fraction of sp³-hybridized carbons (Fsp3) is 0.538. The lowest BCUT2D eigenvalue weighted by Crippen LogP contribution is -2.31. The molecule has 0 saturated carbocycles. The molecule has 1 aromatic carbocycles. The first kappa shape index (κ1) is 13.0. The van der Waals surface area contributed by atoms with E-state index in [1.165, 1.54) is 9.26 Å². The quantitative estimate of drug-likeness (QED) is 0.653. The van der Waals surface area contributed by atoms with Gasteiger partial charge in [-0.1, -0.05) is 0 Å². The van der Waals surface area contributed by atoms with Gasteiger partial charge in [0, 0.05) is 34.2 Å². The number of ether oxygens (including phenoxy) is 1. The van der Waals surface area contributed by atoms with Gasteiger partial charge in [0.1, 0.15) is 0 Å². The Labute approximate surface area is 116 Å². The summed E-state index contributed by atoms with van der Waals surface area (Å²) < 4.78 is 6.58. The molecule has 1 fully saturated rings. The number of hydrogen-bond donors (Lipinski definition) is 2. The Balaban J connectivity index is 1.99. The van der Waals surface area contributed by atoms with Gasteiger partial charge in [0.15, 0.2) is 0 Å². The maximum absolute atomic E-state index is 5.75. The molecule has 1 heterocycles. The Hall–Kier alpha value is -0.490. The highest BCUT2D eigenvalue weighted by Crippen LogP contribution is 2.25. The first-order valence-corrected chi connectivity index (χ1v) is 7.14. The van der Waals surface area contributed by atoms with Crippen molar-refractivity contribution in [1.29, 1.82) is 0 Å². The van der Waals surface area contributed by atoms with Crippen LogP contribution in [0.3, 0.4) is 0 Å². The number of nitrogens with two attached hydrogens (primary N) is 1. The van der Waals surface area contributed by atoms with Crippen LogP contribution in [0, 0.1) is 9.49 Å². The van der Waals surface area contributed by atoms with Crippen LogP contribution in [-0.4, -0.2) is 19.3 Å². The van der Waals surface area contributed by atoms with Crippen molar-refractivity contribution in [2.45, 2.75) is 25.8 Å². The van der Waals surface area contributed by atoms with Crippen molar-refractivity contribution in [2.75, 3.05) is 24.3 Å². The summed E-state index contributed by atoms with van der Waals surface area (Å²) in [5.41, 5.74) is 7.75. The second-order valence-corrected chi connectivity index (χ2v) is 5.78. The molecule has 1 atom stereocenters. The summed E-state index contributed by atoms with van der Waals surface area (Å²) in [7, 11) is 0. The number of benzene rings is 1. The van der Waals surface area contributed by atoms with Gasteiger partial charge in [0.05, 0.1) is 0 Å². The zero-order chi connectivity index (χ0) is 12.3. The summed E-state index contributed by atoms with van der Waals surface area (Å²) in [6, 6.07) is 6.49. The van der Waals surface area contributed by atoms with Crippen LogP contribution in [-0.2, 0) is 4.74 Å². The number of nitrogens with one attached hydrogen (secondary N) is 1. The van der Waals surface area contributed by atoms with E-state index in [2.05, 4.69) is 40.9 Å². The number of halogens is 1. The first-order valence-electron chi connectivity index (χ1n) is 6.06. The normalized spacial score (nSPS) is 18.9. The van der Waals surface area contributed by atoms with E-state index in [0.29, 0.717) is 12.0 Å². The van der Waals surface area contributed by atoms with Crippen molar-refractivity contribution in [2.24, 2.45) is 5.92 Å². The number of hydrogen-bond acceptors (Lipinski definition) is 3. The lowest BCUT2D eigenvalue weighted by molar-refractivity contribution is 0.0622. The van der Waals surface area contributed by atoms with E-state index < -0.39 is 0 Å². The van der Waals surface area contributed by atoms with Crippen molar-refractivity contribution < 1.29 is 4.74 Å². The van der Waals surface area contributed by atoms with Crippen molar-refractivity contribution in [3.05, 3.63) is 21.8 Å². The summed E-state index contributed by atoms with van der Waals surface area (Å²) in [5.74, 6) is 0.706. The summed E-state index contributed by atoms with van der Waals surface area (Å²) in [6.07, 6.45) is 2.30. The van der Waals surface area contributed by atoms with Gasteiger partial charge in [-0.3, -0.25) is 0 Å². The average molecular weight is 346 g/mol. The van der Waals surface area contributed by atoms with Gasteiger partial charge in [-0.15, -0.1) is 0 Å². The first-order chi connectivity index (χ1) is 8.16. The minimum atomic E-state index is 0.482. The minimum Gasteiger partial charge on any atom is -0.399 e. The second-order valence-electron chi connectivity index (χ2n) is 4.62. The SMILES string of the molecule is CC(Nc1ccc(N)cc1I)C1CCOCC1. The van der Waals surface area contributed by atoms with Crippen molar-refractivity contribution >= 4 is 34.0 Å². The predicted molar refractivity (Wildman–Crippen MR) is 80.2 cm³/mol. The fourth-order valence-corrected chi connectivity index (χ4v) is 2.92. The molecular formula is C13H19IN2O. The van der Waals surface area contributed by atoms with Gasteiger partial charge in [0.2, 0.25) is 0 Å². The maximum Gasteiger partial charge on any atom is 0.0479 e. The molecule has 0 spiro atoms. The average Bonchev–Trinajstić information content (AvgIpc) is 2.34. The van der Waals surface area contributed by atoms with Gasteiger partial charge in [-0.25, -0.2) is 0 Å². The molecule has 3 nitrogen and oxygen atoms in total. The lowest BCUT2D eigenvalue weighted by atomic mass is 9.93. The molecule has 94 valence electrons. The Morgan fingerprint density at radius 1 is 1.41 bits per heavy atom. The van der Waals surface area contributed by atoms with Gasteiger partial charge in [-0.05, 0) is 66.5 Å². The minimum absolute atomic E-state index is 0.482. The van der Waals surface area contributed by atoms with Gasteiger partial charge >= 0.3 is 0 Å². The zero-order valence-electron chi connectivity index (χ0n) is 10.1. The summed E-state index contributed by atoms with van der Waals surface area (Å²) in [6.45, 7) is 4.05. The van der Waals surface area contributed by atoms with Crippen LogP contribution >= 0.6 is 22.6 Å². The van der Waals surface area contributed by atoms with E-state index in [-0.39, 0.29) is 0 Å². The maximum atomic E-state index is 5.75. The van der Waals surface area contributed by atoms with E-state index in [1.807, 2.05) is 12.1 Å². The standard InChI is InChI=1S/C13H19IN2O/c1-9(10-4-6-17-7-5-10)16-13-3-2-11(15)8-12(13)14/h2-3,8-10,16H,4-7,15H2,1H3. The number of anilines is 2. The molecule has 0 amide bonds. The molecule has 0 aliphatic carbocycles. The molecule has 17 heavy (non-hydrogen) atoms. The highest BCUT2D eigenvalue weighted by Gasteiger charge is 2.20. The van der Waals surface area contributed by atoms with Crippen LogP contribution < -0.4 is 11.1 Å². The van der Waals surface area contributed by atoms with Crippen LogP contribution in [0.1, 0.15) is 19.8 Å². The Morgan fingerprint density at radius 2 is 2.12 bits per heavy atom. The third-order valence-corrected chi connectivity index (χ3v) is 4.24. The van der Waals surface area contributed by atoms with Crippen molar-refractivity contribution in [1.82, 2.24) is 0 Å². The van der Waals surface area contributed by atoms with Crippen molar-refractivity contribution in [3.8, 4) is 0 Å². The molecular weight excluding hydrogens is 327 g/mol. The molecule has 0 radical (unpaired) electrons. The highest BCUT2D eigenvalue weighted by atomic mass is 127. The lowest BCUT2D eigenvalue weighted by Gasteiger charge is -2.29. The van der Waals surface area contributed by atoms with Crippen LogP contribution in [0.5, 0.6) is 0 Å². The van der Waals surface area contributed by atoms with Gasteiger partial charge < -0.3 is 15.8 Å². The van der Waals surface area contributed by atoms with Gasteiger partial charge in [-0.2, -0.15) is 0 Å². The van der Waals surface area contributed by atoms with Crippen LogP contribution in [0.2, 0.25) is 0 Å². The van der Waals surface area contributed by atoms with Crippen LogP contribution in [0.15, 0.2) is 18.2 Å². The van der Waals surface area contributed by atoms with E-state index in [9.17, 15) is 0 Å². The Kier molecular flexibility index (Phi) is 4.50. The third kappa shape index (κ3) is 3.48.